The van der Waals surface area contributed by atoms with Gasteiger partial charge in [0.25, 0.3) is 15.9 Å². The fraction of sp³-hybridized carbons (Fsp3) is 0.0909. The molecule has 8 heteroatoms. The highest BCUT2D eigenvalue weighted by Crippen LogP contribution is 2.16. The molecule has 2 N–H and O–H groups in total. The number of carbonyl (C=O) groups excluding carboxylic acids is 1. The number of aromatic nitrogens is 1. The molecule has 0 saturated carbocycles. The summed E-state index contributed by atoms with van der Waals surface area (Å²) in [4.78, 5) is 18.5. The molecule has 0 spiro atoms. The molecule has 0 radical (unpaired) electrons. The number of hydrogen-bond donors (Lipinski definition) is 2. The van der Waals surface area contributed by atoms with Crippen molar-refractivity contribution in [2.24, 2.45) is 0 Å². The number of nitrogens with zero attached hydrogens (tertiary/aromatic N) is 2. The first-order chi connectivity index (χ1) is 14.3. The van der Waals surface area contributed by atoms with Gasteiger partial charge in [0, 0.05) is 25.3 Å². The van der Waals surface area contributed by atoms with Crippen molar-refractivity contribution < 1.29 is 13.2 Å². The van der Waals surface area contributed by atoms with Gasteiger partial charge in [-0.1, -0.05) is 30.3 Å². The van der Waals surface area contributed by atoms with Crippen LogP contribution in [0.3, 0.4) is 0 Å². The van der Waals surface area contributed by atoms with Crippen LogP contribution in [0.1, 0.15) is 15.9 Å². The van der Waals surface area contributed by atoms with E-state index in [4.69, 9.17) is 0 Å². The number of hydrogen-bond acceptors (Lipinski definition) is 5. The number of carbonyl (C=O) groups is 1. The van der Waals surface area contributed by atoms with Crippen molar-refractivity contribution in [3.8, 4) is 0 Å². The molecule has 0 bridgehead atoms. The Balaban J connectivity index is 1.62. The zero-order valence-electron chi connectivity index (χ0n) is 16.6. The van der Waals surface area contributed by atoms with E-state index >= 15 is 0 Å². The summed E-state index contributed by atoms with van der Waals surface area (Å²) in [6.07, 6.45) is 3.09. The van der Waals surface area contributed by atoms with E-state index in [0.29, 0.717) is 16.9 Å². The zero-order valence-corrected chi connectivity index (χ0v) is 17.4. The summed E-state index contributed by atoms with van der Waals surface area (Å²) in [6, 6.07) is 18.9. The monoisotopic (exact) mass is 422 g/mol. The third-order valence-electron chi connectivity index (χ3n) is 4.11. The lowest BCUT2D eigenvalue weighted by molar-refractivity contribution is 0.102. The number of pyridine rings is 1. The van der Waals surface area contributed by atoms with Gasteiger partial charge in [-0.25, -0.2) is 13.4 Å². The van der Waals surface area contributed by atoms with Crippen molar-refractivity contribution >= 4 is 39.2 Å². The van der Waals surface area contributed by atoms with Crippen molar-refractivity contribution in [2.45, 2.75) is 0 Å². The Labute approximate surface area is 176 Å². The molecule has 0 aliphatic carbocycles. The van der Waals surface area contributed by atoms with Crippen molar-refractivity contribution in [3.63, 3.8) is 0 Å². The quantitative estimate of drug-likeness (QED) is 0.604. The molecule has 1 aromatic heterocycles. The van der Waals surface area contributed by atoms with Crippen molar-refractivity contribution in [1.29, 1.82) is 0 Å². The van der Waals surface area contributed by atoms with E-state index in [1.165, 1.54) is 18.2 Å². The number of benzene rings is 2. The molecule has 3 rings (SSSR count). The second-order valence-electron chi connectivity index (χ2n) is 6.69. The molecule has 0 aliphatic heterocycles. The van der Waals surface area contributed by atoms with E-state index in [0.717, 1.165) is 16.8 Å². The molecule has 3 aromatic rings. The summed E-state index contributed by atoms with van der Waals surface area (Å²) in [6.45, 7) is 0. The van der Waals surface area contributed by atoms with Crippen molar-refractivity contribution in [2.75, 3.05) is 29.0 Å². The van der Waals surface area contributed by atoms with Crippen molar-refractivity contribution in [1.82, 2.24) is 4.98 Å². The molecule has 1 heterocycles. The van der Waals surface area contributed by atoms with Gasteiger partial charge in [-0.15, -0.1) is 0 Å². The van der Waals surface area contributed by atoms with Gasteiger partial charge >= 0.3 is 0 Å². The average Bonchev–Trinajstić information content (AvgIpc) is 2.74. The lowest BCUT2D eigenvalue weighted by Gasteiger charge is -2.12. The van der Waals surface area contributed by atoms with Crippen LogP contribution in [0.5, 0.6) is 0 Å². The first-order valence-electron chi connectivity index (χ1n) is 9.13. The third kappa shape index (κ3) is 5.92. The highest BCUT2D eigenvalue weighted by molar-refractivity contribution is 7.95. The largest absolute Gasteiger partial charge is 0.363 e. The summed E-state index contributed by atoms with van der Waals surface area (Å²) < 4.78 is 26.9. The number of rotatable bonds is 7. The Bertz CT molecular complexity index is 1130. The van der Waals surface area contributed by atoms with Crippen molar-refractivity contribution in [3.05, 3.63) is 89.5 Å². The Morgan fingerprint density at radius 2 is 1.60 bits per heavy atom. The first-order valence-corrected chi connectivity index (χ1v) is 10.7. The molecular formula is C22H22N4O3S. The minimum atomic E-state index is -3.67. The normalized spacial score (nSPS) is 11.3. The van der Waals surface area contributed by atoms with E-state index in [2.05, 4.69) is 15.0 Å². The second kappa shape index (κ2) is 9.23. The van der Waals surface area contributed by atoms with Gasteiger partial charge in [0.1, 0.15) is 5.82 Å². The second-order valence-corrected chi connectivity index (χ2v) is 8.26. The summed E-state index contributed by atoms with van der Waals surface area (Å²) in [5.74, 6) is 0.471. The van der Waals surface area contributed by atoms with Gasteiger partial charge in [-0.2, -0.15) is 0 Å². The van der Waals surface area contributed by atoms with Gasteiger partial charge in [-0.05, 0) is 48.0 Å². The summed E-state index contributed by atoms with van der Waals surface area (Å²) in [5.41, 5.74) is 2.11. The van der Waals surface area contributed by atoms with Crippen LogP contribution in [0.15, 0.2) is 78.3 Å². The third-order valence-corrected chi connectivity index (χ3v) is 5.12. The molecule has 1 amide bonds. The van der Waals surface area contributed by atoms with Crippen LogP contribution in [-0.4, -0.2) is 33.4 Å². The maximum Gasteiger partial charge on any atom is 0.255 e. The Morgan fingerprint density at radius 1 is 0.933 bits per heavy atom. The first kappa shape index (κ1) is 21.1. The highest BCUT2D eigenvalue weighted by atomic mass is 32.2. The van der Waals surface area contributed by atoms with Gasteiger partial charge in [0.2, 0.25) is 0 Å². The SMILES string of the molecule is CN(C)c1ccc(NC(=O)c2ccc(NS(=O)(=O)/C=C/c3ccccc3)cc2)cn1. The van der Waals surface area contributed by atoms with E-state index in [1.807, 2.05) is 49.3 Å². The van der Waals surface area contributed by atoms with Crippen LogP contribution in [0.25, 0.3) is 6.08 Å². The maximum absolute atomic E-state index is 12.4. The lowest BCUT2D eigenvalue weighted by atomic mass is 10.2. The van der Waals surface area contributed by atoms with Gasteiger partial charge < -0.3 is 10.2 Å². The molecule has 30 heavy (non-hydrogen) atoms. The summed E-state index contributed by atoms with van der Waals surface area (Å²) in [7, 11) is 0.0966. The van der Waals surface area contributed by atoms with Crippen LogP contribution < -0.4 is 14.9 Å². The van der Waals surface area contributed by atoms with E-state index in [1.54, 1.807) is 30.5 Å². The topological polar surface area (TPSA) is 91.4 Å². The molecular weight excluding hydrogens is 400 g/mol. The predicted molar refractivity (Wildman–Crippen MR) is 121 cm³/mol. The maximum atomic E-state index is 12.4. The Hall–Kier alpha value is -3.65. The van der Waals surface area contributed by atoms with Gasteiger partial charge in [-0.3, -0.25) is 9.52 Å². The van der Waals surface area contributed by atoms with E-state index in [-0.39, 0.29) is 5.91 Å². The smallest absolute Gasteiger partial charge is 0.255 e. The molecule has 154 valence electrons. The molecule has 7 nitrogen and oxygen atoms in total. The van der Waals surface area contributed by atoms with Crippen LogP contribution in [0.4, 0.5) is 17.2 Å². The molecule has 0 fully saturated rings. The van der Waals surface area contributed by atoms with Crippen LogP contribution in [-0.2, 0) is 10.0 Å². The minimum absolute atomic E-state index is 0.312. The number of sulfonamides is 1. The predicted octanol–water partition coefficient (Wildman–Crippen LogP) is 3.81. The van der Waals surface area contributed by atoms with Crippen LogP contribution >= 0.6 is 0 Å². The van der Waals surface area contributed by atoms with Crippen LogP contribution in [0.2, 0.25) is 0 Å². The molecule has 2 aromatic carbocycles. The fourth-order valence-corrected chi connectivity index (χ4v) is 3.42. The summed E-state index contributed by atoms with van der Waals surface area (Å²) in [5, 5.41) is 3.87. The standard InChI is InChI=1S/C22H22N4O3S/c1-26(2)21-13-12-20(16-23-21)24-22(27)18-8-10-19(11-9-18)25-30(28,29)15-14-17-6-4-3-5-7-17/h3-16,25H,1-2H3,(H,24,27)/b15-14+. The Morgan fingerprint density at radius 3 is 2.20 bits per heavy atom. The lowest BCUT2D eigenvalue weighted by Crippen LogP contribution is -2.14. The summed E-state index contributed by atoms with van der Waals surface area (Å²) >= 11 is 0. The van der Waals surface area contributed by atoms with Gasteiger partial charge in [0.05, 0.1) is 17.3 Å². The zero-order chi connectivity index (χ0) is 21.6. The molecule has 0 atom stereocenters. The average molecular weight is 423 g/mol. The van der Waals surface area contributed by atoms with E-state index < -0.39 is 10.0 Å². The van der Waals surface area contributed by atoms with Gasteiger partial charge in [0.15, 0.2) is 0 Å². The number of nitrogens with one attached hydrogen (secondary N) is 2. The van der Waals surface area contributed by atoms with E-state index in [9.17, 15) is 13.2 Å². The molecule has 0 aliphatic rings. The minimum Gasteiger partial charge on any atom is -0.363 e. The molecule has 0 unspecified atom stereocenters. The highest BCUT2D eigenvalue weighted by Gasteiger charge is 2.09. The number of amides is 1. The number of anilines is 3. The Kier molecular flexibility index (Phi) is 6.48. The molecule has 0 saturated heterocycles. The fourth-order valence-electron chi connectivity index (χ4n) is 2.55. The van der Waals surface area contributed by atoms with Crippen LogP contribution in [0, 0.1) is 0 Å².